The van der Waals surface area contributed by atoms with E-state index in [1.807, 2.05) is 25.3 Å². The van der Waals surface area contributed by atoms with Gasteiger partial charge in [-0.1, -0.05) is 11.3 Å². The number of thiazole rings is 1. The van der Waals surface area contributed by atoms with Crippen molar-refractivity contribution in [3.05, 3.63) is 30.2 Å². The molecule has 2 aromatic heterocycles. The molecule has 158 valence electrons. The first-order valence-electron chi connectivity index (χ1n) is 9.26. The van der Waals surface area contributed by atoms with E-state index in [1.54, 1.807) is 56.9 Å². The molecule has 0 aliphatic heterocycles. The number of thioether (sulfide) groups is 1. The Morgan fingerprint density at radius 2 is 2.10 bits per heavy atom. The van der Waals surface area contributed by atoms with Crippen molar-refractivity contribution in [2.45, 2.75) is 45.8 Å². The highest BCUT2D eigenvalue weighted by Gasteiger charge is 2.28. The number of hydrogen-bond acceptors (Lipinski definition) is 7. The van der Waals surface area contributed by atoms with Gasteiger partial charge < -0.3 is 15.0 Å². The fourth-order valence-corrected chi connectivity index (χ4v) is 4.09. The minimum absolute atomic E-state index is 0.200. The number of hydrogen-bond donors (Lipinski definition) is 1. The van der Waals surface area contributed by atoms with Gasteiger partial charge in [-0.25, -0.2) is 9.78 Å². The van der Waals surface area contributed by atoms with E-state index in [1.165, 1.54) is 11.3 Å². The van der Waals surface area contributed by atoms with Gasteiger partial charge >= 0.3 is 6.09 Å². The number of likely N-dealkylation sites (N-methyl/N-ethyl adjacent to an activating group) is 1. The van der Waals surface area contributed by atoms with Gasteiger partial charge in [-0.15, -0.1) is 0 Å². The van der Waals surface area contributed by atoms with Crippen molar-refractivity contribution in [1.82, 2.24) is 15.3 Å². The Morgan fingerprint density at radius 1 is 1.38 bits per heavy atom. The molecule has 0 fully saturated rings. The molecule has 1 atom stereocenters. The molecule has 2 aromatic rings. The summed E-state index contributed by atoms with van der Waals surface area (Å²) in [4.78, 5) is 35.7. The summed E-state index contributed by atoms with van der Waals surface area (Å²) in [6, 6.07) is 3.11. The van der Waals surface area contributed by atoms with Gasteiger partial charge in [-0.2, -0.15) is 11.8 Å². The second kappa shape index (κ2) is 10.1. The summed E-state index contributed by atoms with van der Waals surface area (Å²) in [5, 5.41) is 4.27. The van der Waals surface area contributed by atoms with Crippen molar-refractivity contribution in [3.8, 4) is 10.6 Å². The Bertz CT molecular complexity index is 834. The normalized spacial score (nSPS) is 12.3. The van der Waals surface area contributed by atoms with Crippen LogP contribution in [0.15, 0.2) is 24.5 Å². The maximum absolute atomic E-state index is 13.2. The summed E-state index contributed by atoms with van der Waals surface area (Å²) in [6.45, 7) is 7.24. The molecular formula is C20H28N4O3S2. The number of aromatic nitrogens is 2. The van der Waals surface area contributed by atoms with Crippen molar-refractivity contribution in [2.75, 3.05) is 24.0 Å². The van der Waals surface area contributed by atoms with E-state index in [9.17, 15) is 9.59 Å². The molecule has 0 aromatic carbocycles. The second-order valence-electron chi connectivity index (χ2n) is 7.53. The number of carbonyl (C=O) groups is 2. The first kappa shape index (κ1) is 23.2. The Morgan fingerprint density at radius 3 is 2.69 bits per heavy atom. The van der Waals surface area contributed by atoms with Gasteiger partial charge in [0.2, 0.25) is 5.91 Å². The molecule has 1 N–H and O–H groups in total. The Labute approximate surface area is 180 Å². The van der Waals surface area contributed by atoms with Crippen LogP contribution in [0.1, 0.15) is 32.9 Å². The maximum atomic E-state index is 13.2. The fourth-order valence-electron chi connectivity index (χ4n) is 2.59. The molecule has 1 unspecified atom stereocenters. The molecule has 0 bridgehead atoms. The van der Waals surface area contributed by atoms with E-state index in [0.29, 0.717) is 6.42 Å². The summed E-state index contributed by atoms with van der Waals surface area (Å²) < 4.78 is 5.33. The fraction of sp³-hybridized carbons (Fsp3) is 0.500. The Hall–Kier alpha value is -2.13. The van der Waals surface area contributed by atoms with E-state index in [2.05, 4.69) is 15.3 Å². The lowest BCUT2D eigenvalue weighted by molar-refractivity contribution is -0.120. The van der Waals surface area contributed by atoms with Crippen LogP contribution in [0.5, 0.6) is 0 Å². The number of rotatable bonds is 7. The van der Waals surface area contributed by atoms with Crippen LogP contribution >= 0.6 is 23.1 Å². The smallest absolute Gasteiger partial charge is 0.408 e. The number of anilines is 1. The van der Waals surface area contributed by atoms with Crippen LogP contribution in [0.25, 0.3) is 10.6 Å². The lowest BCUT2D eigenvalue weighted by atomic mass is 10.2. The van der Waals surface area contributed by atoms with Crippen LogP contribution in [-0.4, -0.2) is 52.7 Å². The lowest BCUT2D eigenvalue weighted by Gasteiger charge is -2.26. The third-order valence-corrected chi connectivity index (χ3v) is 5.84. The monoisotopic (exact) mass is 436 g/mol. The molecule has 0 spiro atoms. The van der Waals surface area contributed by atoms with Gasteiger partial charge in [0.1, 0.15) is 21.7 Å². The third-order valence-electron chi connectivity index (χ3n) is 3.92. The van der Waals surface area contributed by atoms with Gasteiger partial charge in [-0.3, -0.25) is 9.78 Å². The number of alkyl carbamates (subject to hydrolysis) is 1. The Balaban J connectivity index is 2.19. The zero-order chi connectivity index (χ0) is 21.6. The zero-order valence-electron chi connectivity index (χ0n) is 17.7. The second-order valence-corrected chi connectivity index (χ2v) is 9.49. The van der Waals surface area contributed by atoms with Gasteiger partial charge in [0, 0.05) is 25.0 Å². The van der Waals surface area contributed by atoms with E-state index in [0.717, 1.165) is 27.0 Å². The SMILES string of the molecule is CSCCC(NC(=O)OC(C)(C)C)C(=O)N(C)c1sc(-c2cccnc2)nc1C. The van der Waals surface area contributed by atoms with Crippen LogP contribution in [0.4, 0.5) is 9.80 Å². The van der Waals surface area contributed by atoms with Crippen molar-refractivity contribution in [1.29, 1.82) is 0 Å². The summed E-state index contributed by atoms with van der Waals surface area (Å²) in [6.07, 6.45) is 5.33. The van der Waals surface area contributed by atoms with Crippen LogP contribution < -0.4 is 10.2 Å². The van der Waals surface area contributed by atoms with Crippen LogP contribution in [0.2, 0.25) is 0 Å². The summed E-state index contributed by atoms with van der Waals surface area (Å²) in [7, 11) is 1.71. The summed E-state index contributed by atoms with van der Waals surface area (Å²) in [5.74, 6) is 0.539. The highest BCUT2D eigenvalue weighted by Crippen LogP contribution is 2.33. The average Bonchev–Trinajstić information content (AvgIpc) is 3.05. The molecule has 29 heavy (non-hydrogen) atoms. The first-order valence-corrected chi connectivity index (χ1v) is 11.5. The van der Waals surface area contributed by atoms with Crippen molar-refractivity contribution >= 4 is 40.1 Å². The maximum Gasteiger partial charge on any atom is 0.408 e. The zero-order valence-corrected chi connectivity index (χ0v) is 19.3. The number of nitrogens with one attached hydrogen (secondary N) is 1. The van der Waals surface area contributed by atoms with Crippen LogP contribution in [-0.2, 0) is 9.53 Å². The highest BCUT2D eigenvalue weighted by molar-refractivity contribution is 7.98. The van der Waals surface area contributed by atoms with Crippen LogP contribution in [0.3, 0.4) is 0 Å². The molecule has 2 heterocycles. The van der Waals surface area contributed by atoms with E-state index < -0.39 is 17.7 Å². The van der Waals surface area contributed by atoms with Gasteiger partial charge in [0.15, 0.2) is 0 Å². The number of ether oxygens (including phenoxy) is 1. The molecular weight excluding hydrogens is 408 g/mol. The summed E-state index contributed by atoms with van der Waals surface area (Å²) >= 11 is 3.04. The van der Waals surface area contributed by atoms with Crippen LogP contribution in [0, 0.1) is 6.92 Å². The van der Waals surface area contributed by atoms with Crippen molar-refractivity contribution in [2.24, 2.45) is 0 Å². The minimum Gasteiger partial charge on any atom is -0.444 e. The van der Waals surface area contributed by atoms with Gasteiger partial charge in [0.25, 0.3) is 0 Å². The number of aryl methyl sites for hydroxylation is 1. The van der Waals surface area contributed by atoms with Crippen molar-refractivity contribution < 1.29 is 14.3 Å². The molecule has 2 rings (SSSR count). The average molecular weight is 437 g/mol. The van der Waals surface area contributed by atoms with Gasteiger partial charge in [-0.05, 0) is 58.3 Å². The highest BCUT2D eigenvalue weighted by atomic mass is 32.2. The van der Waals surface area contributed by atoms with E-state index >= 15 is 0 Å². The topological polar surface area (TPSA) is 84.4 Å². The molecule has 0 saturated carbocycles. The largest absolute Gasteiger partial charge is 0.444 e. The predicted molar refractivity (Wildman–Crippen MR) is 120 cm³/mol. The number of amides is 2. The predicted octanol–water partition coefficient (Wildman–Crippen LogP) is 4.12. The molecule has 0 saturated heterocycles. The van der Waals surface area contributed by atoms with E-state index in [4.69, 9.17) is 4.74 Å². The lowest BCUT2D eigenvalue weighted by Crippen LogP contribution is -2.49. The molecule has 2 amide bonds. The molecule has 7 nitrogen and oxygen atoms in total. The minimum atomic E-state index is -0.675. The number of pyridine rings is 1. The molecule has 9 heteroatoms. The Kier molecular flexibility index (Phi) is 8.04. The number of nitrogens with zero attached hydrogens (tertiary/aromatic N) is 3. The molecule has 0 aliphatic rings. The van der Waals surface area contributed by atoms with Gasteiger partial charge in [0.05, 0.1) is 5.69 Å². The van der Waals surface area contributed by atoms with E-state index in [-0.39, 0.29) is 5.91 Å². The number of carbonyl (C=O) groups excluding carboxylic acids is 2. The third kappa shape index (κ3) is 6.71. The first-order chi connectivity index (χ1) is 13.6. The molecule has 0 radical (unpaired) electrons. The molecule has 0 aliphatic carbocycles. The quantitative estimate of drug-likeness (QED) is 0.703. The van der Waals surface area contributed by atoms with Crippen molar-refractivity contribution in [3.63, 3.8) is 0 Å². The standard InChI is InChI=1S/C20H28N4O3S2/c1-13-18(29-16(22-13)14-8-7-10-21-12-14)24(5)17(25)15(9-11-28-6)23-19(26)27-20(2,3)4/h7-8,10,12,15H,9,11H2,1-6H3,(H,23,26). The summed E-state index contributed by atoms with van der Waals surface area (Å²) in [5.41, 5.74) is 1.03.